The summed E-state index contributed by atoms with van der Waals surface area (Å²) in [5, 5.41) is 0. The smallest absolute Gasteiger partial charge is 0.318 e. The number of alkyl halides is 5. The average molecular weight is 628 g/mol. The third-order valence-electron chi connectivity index (χ3n) is 8.56. The summed E-state index contributed by atoms with van der Waals surface area (Å²) in [4.78, 5) is 21.4. The molecule has 0 aliphatic heterocycles. The lowest BCUT2D eigenvalue weighted by atomic mass is 9.77. The van der Waals surface area contributed by atoms with Gasteiger partial charge in [-0.15, -0.1) is 0 Å². The van der Waals surface area contributed by atoms with E-state index in [0.717, 1.165) is 28.8 Å². The summed E-state index contributed by atoms with van der Waals surface area (Å²) in [5.41, 5.74) is 1.32. The van der Waals surface area contributed by atoms with E-state index in [4.69, 9.17) is 0 Å². The average Bonchev–Trinajstić information content (AvgIpc) is 3.55. The third-order valence-corrected chi connectivity index (χ3v) is 8.56. The van der Waals surface area contributed by atoms with Crippen LogP contribution >= 0.6 is 0 Å². The van der Waals surface area contributed by atoms with Gasteiger partial charge in [0.15, 0.2) is 5.78 Å². The topological polar surface area (TPSA) is 47.8 Å². The van der Waals surface area contributed by atoms with Crippen molar-refractivity contribution < 1.29 is 26.7 Å². The maximum absolute atomic E-state index is 13.7. The Morgan fingerprint density at radius 3 is 1.80 bits per heavy atom. The number of halogens is 5. The van der Waals surface area contributed by atoms with E-state index in [1.807, 2.05) is 95.6 Å². The largest absolute Gasteiger partial charge is 0.433 e. The van der Waals surface area contributed by atoms with Gasteiger partial charge in [-0.25, -0.2) is 18.7 Å². The number of benzene rings is 3. The molecular formula is C37H30F5N3O. The first-order chi connectivity index (χ1) is 22.1. The summed E-state index contributed by atoms with van der Waals surface area (Å²) in [5.74, 6) is -3.83. The molecule has 3 aromatic carbocycles. The number of imidazole rings is 1. The molecule has 1 aliphatic carbocycles. The molecule has 9 heteroatoms. The number of rotatable bonds is 8. The normalized spacial score (nSPS) is 15.7. The molecule has 46 heavy (non-hydrogen) atoms. The van der Waals surface area contributed by atoms with E-state index in [1.165, 1.54) is 12.1 Å². The molecule has 0 N–H and O–H groups in total. The molecule has 4 nitrogen and oxygen atoms in total. The maximum atomic E-state index is 13.7. The zero-order valence-corrected chi connectivity index (χ0v) is 24.7. The minimum absolute atomic E-state index is 0.0179. The Bertz CT molecular complexity index is 1730. The Morgan fingerprint density at radius 1 is 0.783 bits per heavy atom. The molecule has 6 rings (SSSR count). The van der Waals surface area contributed by atoms with E-state index in [1.54, 1.807) is 12.5 Å². The Hall–Kier alpha value is -4.92. The van der Waals surface area contributed by atoms with Crippen LogP contribution in [0.2, 0.25) is 0 Å². The summed E-state index contributed by atoms with van der Waals surface area (Å²) in [6.45, 7) is 0. The van der Waals surface area contributed by atoms with Gasteiger partial charge in [0.1, 0.15) is 11.2 Å². The first-order valence-electron chi connectivity index (χ1n) is 15.0. The van der Waals surface area contributed by atoms with Crippen molar-refractivity contribution in [3.05, 3.63) is 150 Å². The van der Waals surface area contributed by atoms with E-state index in [9.17, 15) is 26.7 Å². The summed E-state index contributed by atoms with van der Waals surface area (Å²) in [6, 6.07) is 31.7. The van der Waals surface area contributed by atoms with Crippen molar-refractivity contribution in [2.24, 2.45) is 5.92 Å². The molecule has 1 aliphatic rings. The van der Waals surface area contributed by atoms with Gasteiger partial charge in [-0.05, 0) is 53.8 Å². The number of ketones is 1. The molecule has 0 atom stereocenters. The van der Waals surface area contributed by atoms with Crippen molar-refractivity contribution in [3.63, 3.8) is 0 Å². The van der Waals surface area contributed by atoms with Crippen LogP contribution in [0.1, 0.15) is 53.8 Å². The van der Waals surface area contributed by atoms with Gasteiger partial charge in [0.25, 0.3) is 0 Å². The highest BCUT2D eigenvalue weighted by Gasteiger charge is 2.39. The van der Waals surface area contributed by atoms with Crippen molar-refractivity contribution in [2.45, 2.75) is 43.3 Å². The highest BCUT2D eigenvalue weighted by Crippen LogP contribution is 2.42. The predicted octanol–water partition coefficient (Wildman–Crippen LogP) is 9.21. The molecule has 0 unspecified atom stereocenters. The van der Waals surface area contributed by atoms with Gasteiger partial charge in [-0.3, -0.25) is 4.79 Å². The Balaban J connectivity index is 1.47. The maximum Gasteiger partial charge on any atom is 0.433 e. The van der Waals surface area contributed by atoms with E-state index in [0.29, 0.717) is 5.69 Å². The molecular weight excluding hydrogens is 597 g/mol. The van der Waals surface area contributed by atoms with Crippen LogP contribution in [0.25, 0.3) is 17.3 Å². The Labute approximate surface area is 263 Å². The van der Waals surface area contributed by atoms with Crippen LogP contribution in [0.3, 0.4) is 0 Å². The summed E-state index contributed by atoms with van der Waals surface area (Å²) in [7, 11) is 0. The molecule has 2 aromatic heterocycles. The number of hydrogen-bond acceptors (Lipinski definition) is 3. The van der Waals surface area contributed by atoms with Crippen molar-refractivity contribution in [1.82, 2.24) is 14.5 Å². The van der Waals surface area contributed by atoms with Crippen molar-refractivity contribution >= 4 is 11.9 Å². The molecule has 0 bridgehead atoms. The minimum Gasteiger partial charge on any atom is -0.318 e. The highest BCUT2D eigenvalue weighted by atomic mass is 19.4. The second-order valence-corrected chi connectivity index (χ2v) is 11.5. The SMILES string of the molecule is O=C(/C=C/c1nc(C(F)(F)F)ccc1-c1cn(C(c2ccccc2)(c2ccccc2)c2ccccc2)cn1)C1CCC(F)(F)CC1. The molecule has 0 amide bonds. The van der Waals surface area contributed by atoms with Crippen LogP contribution in [0.15, 0.2) is 122 Å². The highest BCUT2D eigenvalue weighted by molar-refractivity contribution is 5.96. The van der Waals surface area contributed by atoms with Gasteiger partial charge in [0, 0.05) is 30.5 Å². The monoisotopic (exact) mass is 627 g/mol. The Kier molecular flexibility index (Phi) is 8.42. The fourth-order valence-electron chi connectivity index (χ4n) is 6.23. The summed E-state index contributed by atoms with van der Waals surface area (Å²) < 4.78 is 70.5. The lowest BCUT2D eigenvalue weighted by molar-refractivity contribution is -0.141. The fraction of sp³-hybridized carbons (Fsp3) is 0.216. The van der Waals surface area contributed by atoms with Gasteiger partial charge < -0.3 is 4.57 Å². The van der Waals surface area contributed by atoms with Crippen LogP contribution in [0.5, 0.6) is 0 Å². The molecule has 0 spiro atoms. The van der Waals surface area contributed by atoms with Gasteiger partial charge in [0.05, 0.1) is 17.7 Å². The lowest BCUT2D eigenvalue weighted by Gasteiger charge is -2.37. The van der Waals surface area contributed by atoms with Crippen LogP contribution in [0, 0.1) is 5.92 Å². The van der Waals surface area contributed by atoms with Gasteiger partial charge in [-0.1, -0.05) is 91.0 Å². The third kappa shape index (κ3) is 6.14. The van der Waals surface area contributed by atoms with Gasteiger partial charge >= 0.3 is 6.18 Å². The molecule has 0 radical (unpaired) electrons. The van der Waals surface area contributed by atoms with E-state index in [-0.39, 0.29) is 24.1 Å². The fourth-order valence-corrected chi connectivity index (χ4v) is 6.23. The molecule has 1 saturated carbocycles. The number of hydrogen-bond donors (Lipinski definition) is 0. The van der Waals surface area contributed by atoms with E-state index in [2.05, 4.69) is 9.97 Å². The number of carbonyl (C=O) groups excluding carboxylic acids is 1. The second-order valence-electron chi connectivity index (χ2n) is 11.5. The van der Waals surface area contributed by atoms with Gasteiger partial charge in [-0.2, -0.15) is 13.2 Å². The predicted molar refractivity (Wildman–Crippen MR) is 166 cm³/mol. The number of aromatic nitrogens is 3. The first kappa shape index (κ1) is 31.1. The number of nitrogens with zero attached hydrogens (tertiary/aromatic N) is 3. The lowest BCUT2D eigenvalue weighted by Crippen LogP contribution is -2.36. The van der Waals surface area contributed by atoms with E-state index < -0.39 is 47.9 Å². The number of pyridine rings is 1. The number of allylic oxidation sites excluding steroid dienone is 1. The molecule has 2 heterocycles. The molecule has 5 aromatic rings. The Morgan fingerprint density at radius 2 is 1.30 bits per heavy atom. The summed E-state index contributed by atoms with van der Waals surface area (Å²) in [6.07, 6.45) is 0.315. The van der Waals surface area contributed by atoms with Crippen molar-refractivity contribution in [1.29, 1.82) is 0 Å². The first-order valence-corrected chi connectivity index (χ1v) is 15.0. The van der Waals surface area contributed by atoms with Crippen LogP contribution in [-0.2, 0) is 16.5 Å². The number of carbonyl (C=O) groups is 1. The van der Waals surface area contributed by atoms with Crippen LogP contribution in [0.4, 0.5) is 22.0 Å². The van der Waals surface area contributed by atoms with Crippen molar-refractivity contribution in [2.75, 3.05) is 0 Å². The van der Waals surface area contributed by atoms with Crippen LogP contribution in [-0.4, -0.2) is 26.2 Å². The van der Waals surface area contributed by atoms with Crippen molar-refractivity contribution in [3.8, 4) is 11.3 Å². The quantitative estimate of drug-likeness (QED) is 0.0979. The molecule has 0 saturated heterocycles. The minimum atomic E-state index is -4.72. The second kappa shape index (κ2) is 12.5. The van der Waals surface area contributed by atoms with Gasteiger partial charge in [0.2, 0.25) is 5.92 Å². The zero-order valence-electron chi connectivity index (χ0n) is 24.7. The summed E-state index contributed by atoms with van der Waals surface area (Å²) >= 11 is 0. The van der Waals surface area contributed by atoms with E-state index >= 15 is 0 Å². The molecule has 1 fully saturated rings. The molecule has 234 valence electrons. The zero-order chi connectivity index (χ0) is 32.4. The van der Waals surface area contributed by atoms with Crippen LogP contribution < -0.4 is 0 Å². The standard InChI is InChI=1S/C37H30F5N3O/c38-35(39)22-20-26(21-23-35)33(46)18-17-31-30(16-19-34(44-31)37(40,41)42)32-24-45(25-43-32)36(27-10-4-1-5-11-27,28-12-6-2-7-13-28)29-14-8-3-9-15-29/h1-19,24-26H,20-23H2/b18-17+.